The highest BCUT2D eigenvalue weighted by atomic mass is 19.1. The van der Waals surface area contributed by atoms with Crippen molar-refractivity contribution < 1.29 is 23.6 Å². The molecule has 0 heterocycles. The smallest absolute Gasteiger partial charge is 0.338 e. The molecule has 0 saturated heterocycles. The van der Waals surface area contributed by atoms with Gasteiger partial charge in [0.25, 0.3) is 0 Å². The van der Waals surface area contributed by atoms with Gasteiger partial charge in [0.05, 0.1) is 16.1 Å². The number of carboxylic acid groups (broad SMARTS) is 1. The first-order valence-corrected chi connectivity index (χ1v) is 3.72. The highest BCUT2D eigenvalue weighted by molar-refractivity contribution is 5.88. The number of aromatic carboxylic acids is 1. The van der Waals surface area contributed by atoms with Gasteiger partial charge in [0.15, 0.2) is 0 Å². The van der Waals surface area contributed by atoms with Crippen LogP contribution in [0.3, 0.4) is 0 Å². The van der Waals surface area contributed by atoms with E-state index >= 15 is 0 Å². The van der Waals surface area contributed by atoms with Crippen LogP contribution < -0.4 is 0 Å². The first-order valence-electron chi connectivity index (χ1n) is 3.72. The summed E-state index contributed by atoms with van der Waals surface area (Å²) < 4.78 is 26.2. The van der Waals surface area contributed by atoms with Crippen LogP contribution in [0.5, 0.6) is 0 Å². The van der Waals surface area contributed by atoms with Crippen LogP contribution in [0.2, 0.25) is 0 Å². The minimum Gasteiger partial charge on any atom is -0.478 e. The lowest BCUT2D eigenvalue weighted by molar-refractivity contribution is -0.388. The Kier molecular flexibility index (Phi) is 2.65. The van der Waals surface area contributed by atoms with E-state index in [-0.39, 0.29) is 0 Å². The summed E-state index contributed by atoms with van der Waals surface area (Å²) >= 11 is 0. The van der Waals surface area contributed by atoms with Crippen LogP contribution in [0.15, 0.2) is 6.07 Å². The summed E-state index contributed by atoms with van der Waals surface area (Å²) in [6.07, 6.45) is 0. The zero-order valence-electron chi connectivity index (χ0n) is 7.45. The first-order chi connectivity index (χ1) is 6.86. The van der Waals surface area contributed by atoms with Crippen LogP contribution in [0.1, 0.15) is 15.9 Å². The number of carboxylic acids is 1. The number of nitro benzene ring substituents is 1. The van der Waals surface area contributed by atoms with Crippen molar-refractivity contribution in [2.75, 3.05) is 0 Å². The minimum atomic E-state index is -1.68. The first kappa shape index (κ1) is 11.0. The molecule has 0 radical (unpaired) electrons. The largest absolute Gasteiger partial charge is 0.478 e. The Balaban J connectivity index is 3.58. The van der Waals surface area contributed by atoms with Gasteiger partial charge in [-0.25, -0.2) is 9.18 Å². The van der Waals surface area contributed by atoms with Crippen molar-refractivity contribution in [1.82, 2.24) is 0 Å². The quantitative estimate of drug-likeness (QED) is 0.605. The summed E-state index contributed by atoms with van der Waals surface area (Å²) in [6, 6.07) is 0.294. The van der Waals surface area contributed by atoms with Gasteiger partial charge in [-0.3, -0.25) is 10.1 Å². The third kappa shape index (κ3) is 1.76. The molecule has 15 heavy (non-hydrogen) atoms. The molecule has 1 rings (SSSR count). The van der Waals surface area contributed by atoms with E-state index in [1.54, 1.807) is 0 Å². The van der Waals surface area contributed by atoms with E-state index in [9.17, 15) is 23.7 Å². The van der Waals surface area contributed by atoms with E-state index < -0.39 is 39.3 Å². The molecule has 0 aromatic heterocycles. The van der Waals surface area contributed by atoms with E-state index in [2.05, 4.69) is 0 Å². The van der Waals surface area contributed by atoms with Crippen molar-refractivity contribution in [3.63, 3.8) is 0 Å². The van der Waals surface area contributed by atoms with Crippen molar-refractivity contribution in [3.8, 4) is 0 Å². The molecule has 0 aliphatic rings. The van der Waals surface area contributed by atoms with Crippen LogP contribution in [0.4, 0.5) is 14.5 Å². The molecular weight excluding hydrogens is 212 g/mol. The Labute approximate surface area is 82.1 Å². The van der Waals surface area contributed by atoms with E-state index in [0.29, 0.717) is 6.07 Å². The molecule has 80 valence electrons. The topological polar surface area (TPSA) is 80.4 Å². The molecule has 0 amide bonds. The van der Waals surface area contributed by atoms with Gasteiger partial charge in [0.2, 0.25) is 5.82 Å². The molecule has 1 aromatic carbocycles. The molecule has 0 aliphatic heterocycles. The molecule has 1 N–H and O–H groups in total. The number of benzene rings is 1. The van der Waals surface area contributed by atoms with Gasteiger partial charge in [-0.2, -0.15) is 4.39 Å². The van der Waals surface area contributed by atoms with Crippen LogP contribution in [0, 0.1) is 28.7 Å². The van der Waals surface area contributed by atoms with Gasteiger partial charge in [-0.05, 0) is 13.0 Å². The molecule has 0 spiro atoms. The fraction of sp³-hybridized carbons (Fsp3) is 0.125. The molecule has 7 heteroatoms. The second-order valence-corrected chi connectivity index (χ2v) is 2.76. The zero-order chi connectivity index (χ0) is 11.7. The maximum Gasteiger partial charge on any atom is 0.338 e. The zero-order valence-corrected chi connectivity index (χ0v) is 7.45. The average Bonchev–Trinajstić information content (AvgIpc) is 2.10. The summed E-state index contributed by atoms with van der Waals surface area (Å²) in [5.41, 5.74) is -2.59. The summed E-state index contributed by atoms with van der Waals surface area (Å²) in [7, 11) is 0. The number of carbonyl (C=O) groups is 1. The number of rotatable bonds is 2. The number of hydrogen-bond acceptors (Lipinski definition) is 3. The van der Waals surface area contributed by atoms with Crippen LogP contribution in [0.25, 0.3) is 0 Å². The molecule has 5 nitrogen and oxygen atoms in total. The fourth-order valence-electron chi connectivity index (χ4n) is 1.12. The van der Waals surface area contributed by atoms with Gasteiger partial charge >= 0.3 is 11.7 Å². The summed E-state index contributed by atoms with van der Waals surface area (Å²) in [5, 5.41) is 18.8. The lowest BCUT2D eigenvalue weighted by Crippen LogP contribution is -2.07. The van der Waals surface area contributed by atoms with Gasteiger partial charge in [-0.1, -0.05) is 0 Å². The lowest BCUT2D eigenvalue weighted by atomic mass is 10.1. The van der Waals surface area contributed by atoms with E-state index in [4.69, 9.17) is 5.11 Å². The van der Waals surface area contributed by atoms with E-state index in [1.807, 2.05) is 0 Å². The van der Waals surface area contributed by atoms with E-state index in [1.165, 1.54) is 0 Å². The predicted molar refractivity (Wildman–Crippen MR) is 44.7 cm³/mol. The monoisotopic (exact) mass is 217 g/mol. The second kappa shape index (κ2) is 3.60. The van der Waals surface area contributed by atoms with Crippen LogP contribution in [-0.4, -0.2) is 16.0 Å². The Morgan fingerprint density at radius 2 is 2.07 bits per heavy atom. The molecule has 0 atom stereocenters. The highest BCUT2D eigenvalue weighted by Gasteiger charge is 2.26. The molecule has 0 aliphatic carbocycles. The average molecular weight is 217 g/mol. The lowest BCUT2D eigenvalue weighted by Gasteiger charge is -2.03. The second-order valence-electron chi connectivity index (χ2n) is 2.76. The van der Waals surface area contributed by atoms with Gasteiger partial charge in [0, 0.05) is 0 Å². The number of hydrogen-bond donors (Lipinski definition) is 1. The Bertz CT molecular complexity index is 458. The van der Waals surface area contributed by atoms with Crippen LogP contribution >= 0.6 is 0 Å². The standard InChI is InChI=1S/C8H5F2NO4/c1-3-6(10)4(8(12)13)2-5(9)7(3)11(14)15/h2H,1H3,(H,12,13). The highest BCUT2D eigenvalue weighted by Crippen LogP contribution is 2.27. The molecule has 0 fully saturated rings. The van der Waals surface area contributed by atoms with Gasteiger partial charge in [0.1, 0.15) is 5.82 Å². The van der Waals surface area contributed by atoms with Crippen molar-refractivity contribution in [2.24, 2.45) is 0 Å². The normalized spacial score (nSPS) is 10.1. The summed E-state index contributed by atoms with van der Waals surface area (Å²) in [5.74, 6) is -4.34. The van der Waals surface area contributed by atoms with Crippen LogP contribution in [-0.2, 0) is 0 Å². The fourth-order valence-corrected chi connectivity index (χ4v) is 1.12. The van der Waals surface area contributed by atoms with E-state index in [0.717, 1.165) is 6.92 Å². The molecular formula is C8H5F2NO4. The van der Waals surface area contributed by atoms with Crippen molar-refractivity contribution >= 4 is 11.7 Å². The molecule has 1 aromatic rings. The van der Waals surface area contributed by atoms with Gasteiger partial charge < -0.3 is 5.11 Å². The Morgan fingerprint density at radius 1 is 1.53 bits per heavy atom. The molecule has 0 saturated carbocycles. The number of nitrogens with zero attached hydrogens (tertiary/aromatic N) is 1. The number of nitro groups is 1. The Morgan fingerprint density at radius 3 is 2.47 bits per heavy atom. The predicted octanol–water partition coefficient (Wildman–Crippen LogP) is 1.88. The molecule has 0 bridgehead atoms. The summed E-state index contributed by atoms with van der Waals surface area (Å²) in [4.78, 5) is 19.7. The third-order valence-corrected chi connectivity index (χ3v) is 1.83. The van der Waals surface area contributed by atoms with Gasteiger partial charge in [-0.15, -0.1) is 0 Å². The molecule has 0 unspecified atom stereocenters. The SMILES string of the molecule is Cc1c(F)c(C(=O)O)cc(F)c1[N+](=O)[O-]. The van der Waals surface area contributed by atoms with Crippen molar-refractivity contribution in [3.05, 3.63) is 38.9 Å². The van der Waals surface area contributed by atoms with Crippen molar-refractivity contribution in [1.29, 1.82) is 0 Å². The third-order valence-electron chi connectivity index (χ3n) is 1.83. The maximum absolute atomic E-state index is 13.2. The maximum atomic E-state index is 13.2. The number of halogens is 2. The minimum absolute atomic E-state index is 0.294. The summed E-state index contributed by atoms with van der Waals surface area (Å²) in [6.45, 7) is 0.947. The Hall–Kier alpha value is -2.05. The van der Waals surface area contributed by atoms with Crippen molar-refractivity contribution in [2.45, 2.75) is 6.92 Å².